The summed E-state index contributed by atoms with van der Waals surface area (Å²) in [5.41, 5.74) is 0. The lowest BCUT2D eigenvalue weighted by atomic mass is 10.2. The van der Waals surface area contributed by atoms with Crippen LogP contribution in [0.5, 0.6) is 0 Å². The smallest absolute Gasteiger partial charge is 0.0431 e. The van der Waals surface area contributed by atoms with Crippen LogP contribution in [-0.2, 0) is 0 Å². The predicted octanol–water partition coefficient (Wildman–Crippen LogP) is 7.40. The van der Waals surface area contributed by atoms with Gasteiger partial charge in [0.25, 0.3) is 0 Å². The summed E-state index contributed by atoms with van der Waals surface area (Å²) in [6.07, 6.45) is 0. The summed E-state index contributed by atoms with van der Waals surface area (Å²) in [6.45, 7) is 8.76. The maximum atomic E-state index is 4.60. The van der Waals surface area contributed by atoms with Crippen LogP contribution >= 0.6 is 121 Å². The molecule has 0 bridgehead atoms. The zero-order valence-corrected chi connectivity index (χ0v) is 27.3. The third kappa shape index (κ3) is 22.0. The minimum Gasteiger partial charge on any atom is -0.175 e. The molecule has 0 aliphatic rings. The van der Waals surface area contributed by atoms with E-state index in [1.807, 2.05) is 23.5 Å². The molecule has 0 spiro atoms. The predicted molar refractivity (Wildman–Crippen MR) is 176 cm³/mol. The molecule has 0 saturated carbocycles. The van der Waals surface area contributed by atoms with Crippen molar-refractivity contribution in [3.63, 3.8) is 0 Å². The average molecular weight is 603 g/mol. The molecular formula is C20H42S10. The highest BCUT2D eigenvalue weighted by Gasteiger charge is 2.31. The van der Waals surface area contributed by atoms with E-state index in [0.29, 0.717) is 25.7 Å². The van der Waals surface area contributed by atoms with Crippen molar-refractivity contribution in [3.8, 4) is 0 Å². The van der Waals surface area contributed by atoms with Crippen molar-refractivity contribution in [2.45, 2.75) is 53.4 Å². The quantitative estimate of drug-likeness (QED) is 0.0793. The molecule has 4 unspecified atom stereocenters. The zero-order chi connectivity index (χ0) is 22.8. The van der Waals surface area contributed by atoms with Crippen LogP contribution in [0.4, 0.5) is 0 Å². The Balaban J connectivity index is 4.78. The largest absolute Gasteiger partial charge is 0.175 e. The molecule has 0 aliphatic carbocycles. The van der Waals surface area contributed by atoms with E-state index in [0.717, 1.165) is 23.0 Å². The van der Waals surface area contributed by atoms with E-state index in [2.05, 4.69) is 125 Å². The first-order chi connectivity index (χ1) is 14.2. The first-order valence-electron chi connectivity index (χ1n) is 10.4. The molecule has 182 valence electrons. The van der Waals surface area contributed by atoms with E-state index >= 15 is 0 Å². The highest BCUT2D eigenvalue weighted by molar-refractivity contribution is 8.09. The molecule has 30 heavy (non-hydrogen) atoms. The molecule has 0 aliphatic heterocycles. The van der Waals surface area contributed by atoms with Crippen molar-refractivity contribution in [2.24, 2.45) is 0 Å². The van der Waals surface area contributed by atoms with Crippen molar-refractivity contribution in [1.29, 1.82) is 0 Å². The fraction of sp³-hybridized carbons (Fsp3) is 1.00. The monoisotopic (exact) mass is 602 g/mol. The van der Waals surface area contributed by atoms with E-state index in [1.165, 1.54) is 40.3 Å². The molecule has 0 N–H and O–H groups in total. The summed E-state index contributed by atoms with van der Waals surface area (Å²) >= 11 is 30.8. The van der Waals surface area contributed by atoms with Crippen molar-refractivity contribution >= 4 is 121 Å². The van der Waals surface area contributed by atoms with Crippen LogP contribution < -0.4 is 0 Å². The molecule has 0 rings (SSSR count). The third-order valence-corrected chi connectivity index (χ3v) is 14.5. The van der Waals surface area contributed by atoms with Gasteiger partial charge in [-0.3, -0.25) is 0 Å². The van der Waals surface area contributed by atoms with Crippen molar-refractivity contribution in [2.75, 3.05) is 63.3 Å². The molecule has 0 nitrogen and oxygen atoms in total. The highest BCUT2D eigenvalue weighted by atomic mass is 32.2. The highest BCUT2D eigenvalue weighted by Crippen LogP contribution is 2.37. The first kappa shape index (κ1) is 33.5. The fourth-order valence-electron chi connectivity index (χ4n) is 2.28. The van der Waals surface area contributed by atoms with Crippen LogP contribution in [0, 0.1) is 0 Å². The van der Waals surface area contributed by atoms with E-state index < -0.39 is 0 Å². The number of thioether (sulfide) groups is 6. The number of hydrogen-bond donors (Lipinski definition) is 4. The second-order valence-corrected chi connectivity index (χ2v) is 18.2. The summed E-state index contributed by atoms with van der Waals surface area (Å²) in [6, 6.07) is 0. The van der Waals surface area contributed by atoms with Gasteiger partial charge in [-0.15, -0.1) is 0 Å². The molecule has 0 amide bonds. The summed E-state index contributed by atoms with van der Waals surface area (Å²) in [5, 5.41) is 1.90. The second-order valence-electron chi connectivity index (χ2n) is 7.66. The molecule has 0 saturated heterocycles. The van der Waals surface area contributed by atoms with Gasteiger partial charge in [-0.1, -0.05) is 27.7 Å². The third-order valence-electron chi connectivity index (χ3n) is 3.54. The van der Waals surface area contributed by atoms with E-state index in [9.17, 15) is 0 Å². The lowest BCUT2D eigenvalue weighted by Crippen LogP contribution is -2.36. The maximum Gasteiger partial charge on any atom is 0.0431 e. The molecule has 0 radical (unpaired) electrons. The Kier molecular flexibility index (Phi) is 24.3. The molecular weight excluding hydrogens is 561 g/mol. The van der Waals surface area contributed by atoms with Gasteiger partial charge in [0.1, 0.15) is 0 Å². The summed E-state index contributed by atoms with van der Waals surface area (Å²) in [7, 11) is 0. The van der Waals surface area contributed by atoms with Gasteiger partial charge in [0.05, 0.1) is 0 Å². The lowest BCUT2D eigenvalue weighted by Gasteiger charge is -2.33. The van der Waals surface area contributed by atoms with E-state index in [1.54, 1.807) is 0 Å². The summed E-state index contributed by atoms with van der Waals surface area (Å²) in [5.74, 6) is 13.1. The minimum absolute atomic E-state index is 0.333. The van der Waals surface area contributed by atoms with Gasteiger partial charge in [-0.2, -0.15) is 121 Å². The van der Waals surface area contributed by atoms with Gasteiger partial charge in [-0.25, -0.2) is 0 Å². The Morgan fingerprint density at radius 1 is 0.500 bits per heavy atom. The van der Waals surface area contributed by atoms with Crippen molar-refractivity contribution in [3.05, 3.63) is 0 Å². The number of rotatable bonds is 21. The Morgan fingerprint density at radius 2 is 0.833 bits per heavy atom. The Bertz CT molecular complexity index is 363. The Morgan fingerprint density at radius 3 is 1.27 bits per heavy atom. The Hall–Kier alpha value is 3.50. The van der Waals surface area contributed by atoms with Crippen LogP contribution in [0.2, 0.25) is 0 Å². The SMILES string of the molecule is CC(S)CSCCSCC(CSCC(C)S)(CSCC(C)S)SCCSCC(C)S. The topological polar surface area (TPSA) is 0 Å². The minimum atomic E-state index is 0.333. The molecule has 0 aromatic carbocycles. The summed E-state index contributed by atoms with van der Waals surface area (Å²) in [4.78, 5) is 0. The second kappa shape index (κ2) is 21.8. The normalized spacial score (nSPS) is 18.0. The maximum absolute atomic E-state index is 4.60. The van der Waals surface area contributed by atoms with E-state index in [-0.39, 0.29) is 0 Å². The van der Waals surface area contributed by atoms with Crippen LogP contribution in [0.3, 0.4) is 0 Å². The van der Waals surface area contributed by atoms with Gasteiger partial charge >= 0.3 is 0 Å². The standard InChI is InChI=1S/C20H42S10/c1-16(21)9-25-5-6-27-13-20(14-28-11-18(3)23,15-29-12-19(4)24)30-8-7-26-10-17(2)22/h16-19,21-24H,5-15H2,1-4H3. The molecule has 0 heterocycles. The van der Waals surface area contributed by atoms with Gasteiger partial charge in [0.2, 0.25) is 0 Å². The first-order valence-corrected chi connectivity index (χ1v) is 19.2. The average Bonchev–Trinajstić information content (AvgIpc) is 2.63. The van der Waals surface area contributed by atoms with Crippen LogP contribution in [0.15, 0.2) is 0 Å². The molecule has 10 heteroatoms. The molecule has 4 atom stereocenters. The number of hydrogen-bond acceptors (Lipinski definition) is 10. The Labute approximate surface area is 235 Å². The van der Waals surface area contributed by atoms with Crippen LogP contribution in [0.25, 0.3) is 0 Å². The van der Waals surface area contributed by atoms with Gasteiger partial charge in [0, 0.05) is 89.0 Å². The van der Waals surface area contributed by atoms with Gasteiger partial charge in [0.15, 0.2) is 0 Å². The van der Waals surface area contributed by atoms with Gasteiger partial charge < -0.3 is 0 Å². The number of thiol groups is 4. The molecule has 0 fully saturated rings. The van der Waals surface area contributed by atoms with Crippen molar-refractivity contribution in [1.82, 2.24) is 0 Å². The summed E-state index contributed by atoms with van der Waals surface area (Å²) < 4.78 is 0.333. The van der Waals surface area contributed by atoms with Crippen LogP contribution in [-0.4, -0.2) is 89.0 Å². The van der Waals surface area contributed by atoms with Gasteiger partial charge in [-0.05, 0) is 0 Å². The molecule has 0 aromatic heterocycles. The molecule has 0 aromatic rings. The van der Waals surface area contributed by atoms with Crippen LogP contribution in [0.1, 0.15) is 27.7 Å². The van der Waals surface area contributed by atoms with E-state index in [4.69, 9.17) is 0 Å². The zero-order valence-electron chi connectivity index (χ0n) is 18.8. The lowest BCUT2D eigenvalue weighted by molar-refractivity contribution is 0.842. The fourth-order valence-corrected chi connectivity index (χ4v) is 11.7. The van der Waals surface area contributed by atoms with Crippen molar-refractivity contribution < 1.29 is 0 Å².